The normalized spacial score (nSPS) is 15.6. The molecule has 0 bridgehead atoms. The van der Waals surface area contributed by atoms with Crippen molar-refractivity contribution in [2.45, 2.75) is 6.92 Å². The third-order valence-corrected chi connectivity index (χ3v) is 7.06. The molecule has 3 aromatic carbocycles. The van der Waals surface area contributed by atoms with E-state index >= 15 is 0 Å². The Bertz CT molecular complexity index is 1430. The van der Waals surface area contributed by atoms with E-state index in [2.05, 4.69) is 4.98 Å². The Morgan fingerprint density at radius 1 is 1.00 bits per heavy atom. The standard InChI is InChI=1S/C28H23N3O3S2/c1-3-34-23-15-14-19(16-24(23)33-2)17-25-26(32)31(21-12-8-5-9-13-21)28(36-25)30-27-29-22(18-35-27)20-10-6-4-7-11-20/h4-18H,3H2,1-2H3/b25-17-,30-28+. The topological polar surface area (TPSA) is 64.0 Å². The van der Waals surface area contributed by atoms with Crippen LogP contribution in [0.25, 0.3) is 17.3 Å². The van der Waals surface area contributed by atoms with Gasteiger partial charge in [-0.3, -0.25) is 9.69 Å². The molecule has 4 aromatic rings. The van der Waals surface area contributed by atoms with Crippen molar-refractivity contribution in [2.75, 3.05) is 18.6 Å². The lowest BCUT2D eigenvalue weighted by Gasteiger charge is -2.15. The molecule has 1 amide bonds. The molecule has 5 rings (SSSR count). The maximum Gasteiger partial charge on any atom is 0.271 e. The molecule has 1 fully saturated rings. The number of methoxy groups -OCH3 is 1. The van der Waals surface area contributed by atoms with Gasteiger partial charge in [0.05, 0.1) is 30.0 Å². The summed E-state index contributed by atoms with van der Waals surface area (Å²) < 4.78 is 11.1. The molecule has 1 aliphatic heterocycles. The highest BCUT2D eigenvalue weighted by atomic mass is 32.2. The largest absolute Gasteiger partial charge is 0.493 e. The molecule has 0 radical (unpaired) electrons. The molecule has 8 heteroatoms. The molecule has 1 saturated heterocycles. The van der Waals surface area contributed by atoms with Crippen molar-refractivity contribution < 1.29 is 14.3 Å². The van der Waals surface area contributed by atoms with Gasteiger partial charge in [0.15, 0.2) is 16.7 Å². The van der Waals surface area contributed by atoms with Crippen LogP contribution in [-0.4, -0.2) is 29.8 Å². The van der Waals surface area contributed by atoms with Gasteiger partial charge in [-0.05, 0) is 54.6 Å². The lowest BCUT2D eigenvalue weighted by Crippen LogP contribution is -2.28. The third-order valence-electron chi connectivity index (χ3n) is 5.36. The number of aliphatic imine (C=N–C) groups is 1. The molecule has 0 aliphatic carbocycles. The van der Waals surface area contributed by atoms with Gasteiger partial charge >= 0.3 is 0 Å². The summed E-state index contributed by atoms with van der Waals surface area (Å²) >= 11 is 2.77. The number of nitrogens with zero attached hydrogens (tertiary/aromatic N) is 3. The molecule has 36 heavy (non-hydrogen) atoms. The monoisotopic (exact) mass is 513 g/mol. The number of anilines is 1. The van der Waals surface area contributed by atoms with E-state index in [-0.39, 0.29) is 5.91 Å². The molecule has 0 spiro atoms. The van der Waals surface area contributed by atoms with Crippen molar-refractivity contribution in [3.8, 4) is 22.8 Å². The van der Waals surface area contributed by atoms with Crippen LogP contribution in [0, 0.1) is 0 Å². The van der Waals surface area contributed by atoms with Gasteiger partial charge < -0.3 is 9.47 Å². The molecule has 180 valence electrons. The number of ether oxygens (including phenoxy) is 2. The average molecular weight is 514 g/mol. The maximum atomic E-state index is 13.5. The molecule has 1 aliphatic rings. The number of amides is 1. The van der Waals surface area contributed by atoms with Gasteiger partial charge in [-0.25, -0.2) is 4.98 Å². The zero-order valence-electron chi connectivity index (χ0n) is 19.8. The number of benzene rings is 3. The number of thiazole rings is 1. The number of rotatable bonds is 7. The zero-order valence-corrected chi connectivity index (χ0v) is 21.4. The summed E-state index contributed by atoms with van der Waals surface area (Å²) in [6.45, 7) is 2.47. The van der Waals surface area contributed by atoms with E-state index in [9.17, 15) is 4.79 Å². The fourth-order valence-electron chi connectivity index (χ4n) is 3.69. The molecule has 0 unspecified atom stereocenters. The van der Waals surface area contributed by atoms with E-state index in [1.54, 1.807) is 12.0 Å². The van der Waals surface area contributed by atoms with Crippen LogP contribution in [0.5, 0.6) is 11.5 Å². The number of aromatic nitrogens is 1. The van der Waals surface area contributed by atoms with Crippen molar-refractivity contribution in [2.24, 2.45) is 4.99 Å². The second-order valence-corrected chi connectivity index (χ2v) is 9.55. The lowest BCUT2D eigenvalue weighted by molar-refractivity contribution is -0.113. The predicted octanol–water partition coefficient (Wildman–Crippen LogP) is 7.03. The van der Waals surface area contributed by atoms with Crippen LogP contribution in [-0.2, 0) is 4.79 Å². The quantitative estimate of drug-likeness (QED) is 0.248. The Balaban J connectivity index is 1.51. The van der Waals surface area contributed by atoms with Crippen molar-refractivity contribution in [3.63, 3.8) is 0 Å². The number of para-hydroxylation sites is 1. The molecule has 6 nitrogen and oxygen atoms in total. The molecule has 0 saturated carbocycles. The summed E-state index contributed by atoms with van der Waals surface area (Å²) in [5, 5.41) is 3.13. The van der Waals surface area contributed by atoms with Crippen LogP contribution in [0.2, 0.25) is 0 Å². The van der Waals surface area contributed by atoms with E-state index in [1.165, 1.54) is 23.1 Å². The number of hydrogen-bond acceptors (Lipinski definition) is 7. The smallest absolute Gasteiger partial charge is 0.271 e. The first kappa shape index (κ1) is 23.8. The van der Waals surface area contributed by atoms with E-state index < -0.39 is 0 Å². The predicted molar refractivity (Wildman–Crippen MR) is 148 cm³/mol. The minimum Gasteiger partial charge on any atom is -0.493 e. The Morgan fingerprint density at radius 3 is 2.47 bits per heavy atom. The van der Waals surface area contributed by atoms with Gasteiger partial charge in [0.2, 0.25) is 5.13 Å². The molecule has 0 N–H and O–H groups in total. The molecular formula is C28H23N3O3S2. The minimum absolute atomic E-state index is 0.141. The summed E-state index contributed by atoms with van der Waals surface area (Å²) in [7, 11) is 1.60. The first-order chi connectivity index (χ1) is 17.7. The summed E-state index contributed by atoms with van der Waals surface area (Å²) in [5.74, 6) is 1.14. The van der Waals surface area contributed by atoms with E-state index in [4.69, 9.17) is 14.5 Å². The second kappa shape index (κ2) is 10.8. The number of carbonyl (C=O) groups is 1. The van der Waals surface area contributed by atoms with Crippen LogP contribution in [0.1, 0.15) is 12.5 Å². The highest BCUT2D eigenvalue weighted by Crippen LogP contribution is 2.39. The Labute approximate surface area is 217 Å². The fraction of sp³-hybridized carbons (Fsp3) is 0.107. The minimum atomic E-state index is -0.141. The molecule has 0 atom stereocenters. The average Bonchev–Trinajstić information content (AvgIpc) is 3.50. The van der Waals surface area contributed by atoms with Crippen LogP contribution < -0.4 is 14.4 Å². The number of thioether (sulfide) groups is 1. The van der Waals surface area contributed by atoms with Gasteiger partial charge in [-0.2, -0.15) is 4.99 Å². The van der Waals surface area contributed by atoms with Gasteiger partial charge in [-0.15, -0.1) is 11.3 Å². The van der Waals surface area contributed by atoms with Crippen molar-refractivity contribution in [3.05, 3.63) is 94.7 Å². The van der Waals surface area contributed by atoms with Crippen molar-refractivity contribution in [1.29, 1.82) is 0 Å². The Kier molecular flexibility index (Phi) is 7.16. The number of carbonyl (C=O) groups excluding carboxylic acids is 1. The van der Waals surface area contributed by atoms with Crippen LogP contribution in [0.4, 0.5) is 10.8 Å². The van der Waals surface area contributed by atoms with Gasteiger partial charge in [0.1, 0.15) is 0 Å². The zero-order chi connectivity index (χ0) is 24.9. The van der Waals surface area contributed by atoms with Crippen molar-refractivity contribution in [1.82, 2.24) is 4.98 Å². The second-order valence-electron chi connectivity index (χ2n) is 7.71. The molecule has 1 aromatic heterocycles. The summed E-state index contributed by atoms with van der Waals surface area (Å²) in [4.78, 5) is 25.2. The van der Waals surface area contributed by atoms with Gasteiger partial charge in [-0.1, -0.05) is 54.6 Å². The number of hydrogen-bond donors (Lipinski definition) is 0. The summed E-state index contributed by atoms with van der Waals surface area (Å²) in [6, 6.07) is 25.1. The first-order valence-corrected chi connectivity index (χ1v) is 13.1. The van der Waals surface area contributed by atoms with E-state index in [1.807, 2.05) is 97.2 Å². The molecule has 2 heterocycles. The summed E-state index contributed by atoms with van der Waals surface area (Å²) in [5.41, 5.74) is 3.47. The van der Waals surface area contributed by atoms with Crippen LogP contribution in [0.15, 0.2) is 94.1 Å². The van der Waals surface area contributed by atoms with Crippen LogP contribution in [0.3, 0.4) is 0 Å². The number of amidine groups is 1. The van der Waals surface area contributed by atoms with E-state index in [0.29, 0.717) is 33.3 Å². The Morgan fingerprint density at radius 2 is 1.75 bits per heavy atom. The van der Waals surface area contributed by atoms with Gasteiger partial charge in [0.25, 0.3) is 5.91 Å². The van der Waals surface area contributed by atoms with E-state index in [0.717, 1.165) is 22.5 Å². The van der Waals surface area contributed by atoms with Crippen LogP contribution >= 0.6 is 23.1 Å². The molecular weight excluding hydrogens is 490 g/mol. The Hall–Kier alpha value is -3.88. The third kappa shape index (κ3) is 5.05. The fourth-order valence-corrected chi connectivity index (χ4v) is 5.43. The highest BCUT2D eigenvalue weighted by molar-refractivity contribution is 8.19. The van der Waals surface area contributed by atoms with Crippen molar-refractivity contribution >= 4 is 51.1 Å². The maximum absolute atomic E-state index is 13.5. The SMILES string of the molecule is CCOc1ccc(/C=C2\S/C(=N/c3nc(-c4ccccc4)cs3)N(c3ccccc3)C2=O)cc1OC. The highest BCUT2D eigenvalue weighted by Gasteiger charge is 2.35. The lowest BCUT2D eigenvalue weighted by atomic mass is 10.2. The summed E-state index contributed by atoms with van der Waals surface area (Å²) in [6.07, 6.45) is 1.85. The van der Waals surface area contributed by atoms with Gasteiger partial charge in [0, 0.05) is 10.9 Å². The first-order valence-electron chi connectivity index (χ1n) is 11.4.